The van der Waals surface area contributed by atoms with E-state index in [0.717, 1.165) is 11.1 Å². The molecule has 0 aliphatic carbocycles. The van der Waals surface area contributed by atoms with E-state index in [1.165, 1.54) is 0 Å². The second-order valence-electron chi connectivity index (χ2n) is 3.50. The van der Waals surface area contributed by atoms with Gasteiger partial charge in [0.25, 0.3) is 0 Å². The van der Waals surface area contributed by atoms with Crippen molar-refractivity contribution in [3.63, 3.8) is 0 Å². The van der Waals surface area contributed by atoms with Gasteiger partial charge in [-0.3, -0.25) is 0 Å². The number of hydrogen-bond acceptors (Lipinski definition) is 3. The molecule has 0 atom stereocenters. The lowest BCUT2D eigenvalue weighted by Gasteiger charge is -2.08. The summed E-state index contributed by atoms with van der Waals surface area (Å²) in [6, 6.07) is 14.8. The van der Waals surface area contributed by atoms with Crippen molar-refractivity contribution in [3.8, 4) is 17.2 Å². The average Bonchev–Trinajstić information content (AvgIpc) is 2.30. The van der Waals surface area contributed by atoms with E-state index < -0.39 is 0 Å². The molecule has 2 rings (SSSR count). The summed E-state index contributed by atoms with van der Waals surface area (Å²) in [5.74, 6) is 0. The van der Waals surface area contributed by atoms with Crippen LogP contribution < -0.4 is 11.5 Å². The molecule has 0 fully saturated rings. The minimum absolute atomic E-state index is 0.552. The normalized spacial score (nSPS) is 9.69. The Morgan fingerprint density at radius 1 is 0.875 bits per heavy atom. The molecular formula is C13H11N3. The molecule has 0 aliphatic heterocycles. The first kappa shape index (κ1) is 10.1. The lowest BCUT2D eigenvalue weighted by Crippen LogP contribution is -1.94. The number of anilines is 2. The number of benzene rings is 2. The summed E-state index contributed by atoms with van der Waals surface area (Å²) in [7, 11) is 0. The van der Waals surface area contributed by atoms with E-state index in [0.29, 0.717) is 16.9 Å². The lowest BCUT2D eigenvalue weighted by atomic mass is 10.0. The maximum Gasteiger partial charge on any atom is 0.0992 e. The third-order valence-corrected chi connectivity index (χ3v) is 2.43. The van der Waals surface area contributed by atoms with Gasteiger partial charge in [-0.25, -0.2) is 0 Å². The van der Waals surface area contributed by atoms with E-state index in [1.54, 1.807) is 12.1 Å². The van der Waals surface area contributed by atoms with Crippen molar-refractivity contribution in [1.82, 2.24) is 0 Å². The third kappa shape index (κ3) is 1.69. The molecule has 0 saturated carbocycles. The van der Waals surface area contributed by atoms with Gasteiger partial charge >= 0.3 is 0 Å². The average molecular weight is 209 g/mol. The van der Waals surface area contributed by atoms with Gasteiger partial charge in [-0.05, 0) is 18.2 Å². The smallest absolute Gasteiger partial charge is 0.0992 e. The quantitative estimate of drug-likeness (QED) is 0.708. The molecule has 0 radical (unpaired) electrons. The largest absolute Gasteiger partial charge is 0.398 e. The minimum atomic E-state index is 0.552. The van der Waals surface area contributed by atoms with Gasteiger partial charge in [-0.1, -0.05) is 24.3 Å². The Balaban J connectivity index is 2.58. The van der Waals surface area contributed by atoms with Crippen LogP contribution in [-0.4, -0.2) is 0 Å². The van der Waals surface area contributed by atoms with Crippen LogP contribution in [0, 0.1) is 11.3 Å². The van der Waals surface area contributed by atoms with Crippen molar-refractivity contribution >= 4 is 11.4 Å². The van der Waals surface area contributed by atoms with Gasteiger partial charge in [-0.15, -0.1) is 0 Å². The first-order chi connectivity index (χ1) is 7.72. The van der Waals surface area contributed by atoms with Crippen LogP contribution in [0.2, 0.25) is 0 Å². The lowest BCUT2D eigenvalue weighted by molar-refractivity contribution is 1.48. The van der Waals surface area contributed by atoms with Gasteiger partial charge in [0.1, 0.15) is 0 Å². The molecular weight excluding hydrogens is 198 g/mol. The van der Waals surface area contributed by atoms with E-state index >= 15 is 0 Å². The van der Waals surface area contributed by atoms with E-state index in [4.69, 9.17) is 16.7 Å². The molecule has 4 N–H and O–H groups in total. The van der Waals surface area contributed by atoms with Crippen LogP contribution >= 0.6 is 0 Å². The van der Waals surface area contributed by atoms with Crippen LogP contribution in [0.1, 0.15) is 5.56 Å². The standard InChI is InChI=1S/C13H11N3/c14-8-9-5-6-11(13(16)7-9)10-3-1-2-4-12(10)15/h1-7H,15-16H2. The predicted octanol–water partition coefficient (Wildman–Crippen LogP) is 2.39. The summed E-state index contributed by atoms with van der Waals surface area (Å²) in [5, 5.41) is 8.75. The van der Waals surface area contributed by atoms with Gasteiger partial charge in [0.05, 0.1) is 11.6 Å². The van der Waals surface area contributed by atoms with Crippen LogP contribution in [0.15, 0.2) is 42.5 Å². The molecule has 0 aromatic heterocycles. The summed E-state index contributed by atoms with van der Waals surface area (Å²) in [5.41, 5.74) is 15.3. The topological polar surface area (TPSA) is 75.8 Å². The van der Waals surface area contributed by atoms with Gasteiger partial charge in [-0.2, -0.15) is 5.26 Å². The highest BCUT2D eigenvalue weighted by Gasteiger charge is 2.06. The first-order valence-electron chi connectivity index (χ1n) is 4.87. The molecule has 3 nitrogen and oxygen atoms in total. The Kier molecular flexibility index (Phi) is 2.49. The molecule has 0 unspecified atom stereocenters. The number of para-hydroxylation sites is 1. The number of rotatable bonds is 1. The summed E-state index contributed by atoms with van der Waals surface area (Å²) >= 11 is 0. The number of nitrogens with zero attached hydrogens (tertiary/aromatic N) is 1. The van der Waals surface area contributed by atoms with Crippen LogP contribution in [0.3, 0.4) is 0 Å². The SMILES string of the molecule is N#Cc1ccc(-c2ccccc2N)c(N)c1. The van der Waals surface area contributed by atoms with Gasteiger partial charge in [0.15, 0.2) is 0 Å². The van der Waals surface area contributed by atoms with Crippen LogP contribution in [0.5, 0.6) is 0 Å². The fourth-order valence-corrected chi connectivity index (χ4v) is 1.62. The molecule has 0 heterocycles. The fraction of sp³-hybridized carbons (Fsp3) is 0. The van der Waals surface area contributed by atoms with Crippen molar-refractivity contribution in [2.24, 2.45) is 0 Å². The number of nitriles is 1. The zero-order chi connectivity index (χ0) is 11.5. The van der Waals surface area contributed by atoms with Crippen molar-refractivity contribution < 1.29 is 0 Å². The molecule has 2 aromatic carbocycles. The number of hydrogen-bond donors (Lipinski definition) is 2. The van der Waals surface area contributed by atoms with Crippen molar-refractivity contribution in [2.75, 3.05) is 11.5 Å². The zero-order valence-electron chi connectivity index (χ0n) is 8.64. The van der Waals surface area contributed by atoms with Gasteiger partial charge < -0.3 is 11.5 Å². The van der Waals surface area contributed by atoms with E-state index in [2.05, 4.69) is 0 Å². The molecule has 0 aliphatic rings. The van der Waals surface area contributed by atoms with Crippen LogP contribution in [-0.2, 0) is 0 Å². The molecule has 2 aromatic rings. The summed E-state index contributed by atoms with van der Waals surface area (Å²) in [4.78, 5) is 0. The number of nitrogens with two attached hydrogens (primary N) is 2. The molecule has 0 amide bonds. The first-order valence-corrected chi connectivity index (χ1v) is 4.87. The second-order valence-corrected chi connectivity index (χ2v) is 3.50. The Bertz CT molecular complexity index is 568. The summed E-state index contributed by atoms with van der Waals surface area (Å²) < 4.78 is 0. The van der Waals surface area contributed by atoms with Gasteiger partial charge in [0, 0.05) is 22.5 Å². The van der Waals surface area contributed by atoms with Crippen LogP contribution in [0.4, 0.5) is 11.4 Å². The monoisotopic (exact) mass is 209 g/mol. The highest BCUT2D eigenvalue weighted by Crippen LogP contribution is 2.30. The van der Waals surface area contributed by atoms with E-state index in [-0.39, 0.29) is 0 Å². The highest BCUT2D eigenvalue weighted by atomic mass is 14.6. The van der Waals surface area contributed by atoms with Crippen LogP contribution in [0.25, 0.3) is 11.1 Å². The molecule has 0 saturated heterocycles. The zero-order valence-corrected chi connectivity index (χ0v) is 8.64. The molecule has 16 heavy (non-hydrogen) atoms. The predicted molar refractivity (Wildman–Crippen MR) is 65.4 cm³/mol. The maximum atomic E-state index is 8.75. The molecule has 3 heteroatoms. The second kappa shape index (κ2) is 3.95. The third-order valence-electron chi connectivity index (χ3n) is 2.43. The summed E-state index contributed by atoms with van der Waals surface area (Å²) in [6.45, 7) is 0. The molecule has 78 valence electrons. The molecule has 0 spiro atoms. The van der Waals surface area contributed by atoms with Gasteiger partial charge in [0.2, 0.25) is 0 Å². The van der Waals surface area contributed by atoms with E-state index in [1.807, 2.05) is 36.4 Å². The fourth-order valence-electron chi connectivity index (χ4n) is 1.62. The van der Waals surface area contributed by atoms with Crippen molar-refractivity contribution in [2.45, 2.75) is 0 Å². The molecule has 0 bridgehead atoms. The Morgan fingerprint density at radius 2 is 1.56 bits per heavy atom. The van der Waals surface area contributed by atoms with Crippen molar-refractivity contribution in [3.05, 3.63) is 48.0 Å². The Hall–Kier alpha value is -2.47. The van der Waals surface area contributed by atoms with E-state index in [9.17, 15) is 0 Å². The summed E-state index contributed by atoms with van der Waals surface area (Å²) in [6.07, 6.45) is 0. The Morgan fingerprint density at radius 3 is 2.19 bits per heavy atom. The Labute approximate surface area is 93.9 Å². The highest BCUT2D eigenvalue weighted by molar-refractivity contribution is 5.84. The maximum absolute atomic E-state index is 8.75. The number of nitrogen functional groups attached to an aromatic ring is 2. The van der Waals surface area contributed by atoms with Crippen molar-refractivity contribution in [1.29, 1.82) is 5.26 Å². The minimum Gasteiger partial charge on any atom is -0.398 e.